The minimum Gasteiger partial charge on any atom is -0.261 e. The Morgan fingerprint density at radius 2 is 2.17 bits per heavy atom. The van der Waals surface area contributed by atoms with Gasteiger partial charge in [0, 0.05) is 5.56 Å². The molecule has 0 spiro atoms. The van der Waals surface area contributed by atoms with Crippen LogP contribution in [0.2, 0.25) is 5.28 Å². The molecule has 0 unspecified atom stereocenters. The topological polar surface area (TPSA) is 78.2 Å². The van der Waals surface area contributed by atoms with Gasteiger partial charge in [-0.2, -0.15) is 15.3 Å². The Balaban J connectivity index is 2.30. The van der Waals surface area contributed by atoms with Gasteiger partial charge in [0.15, 0.2) is 5.65 Å². The molecule has 86 valence electrons. The molecule has 1 aromatic carbocycles. The number of aromatic nitrogens is 4. The molecule has 0 fully saturated rings. The lowest BCUT2D eigenvalue weighted by Crippen LogP contribution is -1.90. The van der Waals surface area contributed by atoms with Gasteiger partial charge in [0.05, 0.1) is 28.9 Å². The molecule has 5 nitrogen and oxygen atoms in total. The lowest BCUT2D eigenvalue weighted by molar-refractivity contribution is 1.09. The fraction of sp³-hybridized carbons (Fsp3) is 0. The van der Waals surface area contributed by atoms with Crippen LogP contribution in [0.5, 0.6) is 0 Å². The van der Waals surface area contributed by atoms with Crippen LogP contribution < -0.4 is 0 Å². The van der Waals surface area contributed by atoms with Crippen LogP contribution in [0.1, 0.15) is 5.56 Å². The van der Waals surface area contributed by atoms with Crippen molar-refractivity contribution in [1.82, 2.24) is 20.2 Å². The number of H-pyrrole nitrogens is 1. The number of aromatic amines is 1. The van der Waals surface area contributed by atoms with Gasteiger partial charge < -0.3 is 0 Å². The molecule has 18 heavy (non-hydrogen) atoms. The Labute approximate surface area is 107 Å². The Hall–Kier alpha value is -2.45. The normalized spacial score (nSPS) is 10.4. The zero-order valence-electron chi connectivity index (χ0n) is 9.05. The molecule has 0 aliphatic rings. The van der Waals surface area contributed by atoms with Crippen molar-refractivity contribution >= 4 is 22.6 Å². The van der Waals surface area contributed by atoms with Gasteiger partial charge in [-0.15, -0.1) is 0 Å². The van der Waals surface area contributed by atoms with Gasteiger partial charge in [-0.3, -0.25) is 5.10 Å². The molecule has 1 N–H and O–H groups in total. The summed E-state index contributed by atoms with van der Waals surface area (Å²) in [6.07, 6.45) is 1.64. The van der Waals surface area contributed by atoms with E-state index in [-0.39, 0.29) is 5.28 Å². The van der Waals surface area contributed by atoms with Crippen LogP contribution in [0.25, 0.3) is 22.3 Å². The third-order valence-electron chi connectivity index (χ3n) is 2.55. The molecule has 0 saturated carbocycles. The molecule has 0 aliphatic carbocycles. The molecular weight excluding hydrogens is 250 g/mol. The van der Waals surface area contributed by atoms with E-state index in [1.54, 1.807) is 24.4 Å². The first-order valence-electron chi connectivity index (χ1n) is 5.15. The summed E-state index contributed by atoms with van der Waals surface area (Å²) in [7, 11) is 0. The number of hydrogen-bond donors (Lipinski definition) is 1. The van der Waals surface area contributed by atoms with Crippen molar-refractivity contribution in [3.8, 4) is 17.3 Å². The lowest BCUT2D eigenvalue weighted by atomic mass is 10.1. The van der Waals surface area contributed by atoms with E-state index in [0.717, 1.165) is 10.9 Å². The molecule has 6 heteroatoms. The van der Waals surface area contributed by atoms with Crippen LogP contribution in [-0.2, 0) is 0 Å². The minimum atomic E-state index is 0.143. The quantitative estimate of drug-likeness (QED) is 0.678. The molecule has 0 amide bonds. The molecule has 0 aliphatic heterocycles. The molecule has 0 bridgehead atoms. The maximum absolute atomic E-state index is 8.91. The SMILES string of the molecule is N#Cc1cccc(-c2nc(Cl)nc3[nH]ncc23)c1. The smallest absolute Gasteiger partial charge is 0.224 e. The Kier molecular flexibility index (Phi) is 2.43. The van der Waals surface area contributed by atoms with Gasteiger partial charge in [0.1, 0.15) is 0 Å². The van der Waals surface area contributed by atoms with Gasteiger partial charge in [0.25, 0.3) is 0 Å². The van der Waals surface area contributed by atoms with Crippen LogP contribution >= 0.6 is 11.6 Å². The third kappa shape index (κ3) is 1.69. The van der Waals surface area contributed by atoms with Gasteiger partial charge in [-0.1, -0.05) is 12.1 Å². The highest BCUT2D eigenvalue weighted by Crippen LogP contribution is 2.26. The number of nitriles is 1. The zero-order valence-corrected chi connectivity index (χ0v) is 9.81. The Morgan fingerprint density at radius 3 is 3.00 bits per heavy atom. The van der Waals surface area contributed by atoms with Crippen molar-refractivity contribution in [3.63, 3.8) is 0 Å². The minimum absolute atomic E-state index is 0.143. The number of rotatable bonds is 1. The van der Waals surface area contributed by atoms with Crippen molar-refractivity contribution < 1.29 is 0 Å². The molecule has 3 rings (SSSR count). The first-order valence-corrected chi connectivity index (χ1v) is 5.53. The highest BCUT2D eigenvalue weighted by atomic mass is 35.5. The molecule has 3 aromatic rings. The number of nitrogens with one attached hydrogen (secondary N) is 1. The van der Waals surface area contributed by atoms with Crippen molar-refractivity contribution in [1.29, 1.82) is 5.26 Å². The van der Waals surface area contributed by atoms with E-state index in [1.165, 1.54) is 0 Å². The first-order chi connectivity index (χ1) is 8.78. The van der Waals surface area contributed by atoms with Crippen molar-refractivity contribution in [2.75, 3.05) is 0 Å². The average molecular weight is 256 g/mol. The fourth-order valence-electron chi connectivity index (χ4n) is 1.76. The van der Waals surface area contributed by atoms with E-state index in [0.29, 0.717) is 16.9 Å². The average Bonchev–Trinajstić information content (AvgIpc) is 2.85. The van der Waals surface area contributed by atoms with E-state index >= 15 is 0 Å². The van der Waals surface area contributed by atoms with E-state index in [2.05, 4.69) is 26.2 Å². The number of fused-ring (bicyclic) bond motifs is 1. The molecule has 0 saturated heterocycles. The second-order valence-corrected chi connectivity index (χ2v) is 4.00. The highest BCUT2D eigenvalue weighted by Gasteiger charge is 2.10. The highest BCUT2D eigenvalue weighted by molar-refractivity contribution is 6.28. The maximum atomic E-state index is 8.91. The number of hydrogen-bond acceptors (Lipinski definition) is 4. The summed E-state index contributed by atoms with van der Waals surface area (Å²) in [5.41, 5.74) is 2.62. The summed E-state index contributed by atoms with van der Waals surface area (Å²) in [6.45, 7) is 0. The van der Waals surface area contributed by atoms with Gasteiger partial charge >= 0.3 is 0 Å². The van der Waals surface area contributed by atoms with Gasteiger partial charge in [-0.25, -0.2) is 4.98 Å². The molecule has 2 aromatic heterocycles. The summed E-state index contributed by atoms with van der Waals surface area (Å²) in [6, 6.07) is 9.25. The van der Waals surface area contributed by atoms with E-state index < -0.39 is 0 Å². The lowest BCUT2D eigenvalue weighted by Gasteiger charge is -2.02. The van der Waals surface area contributed by atoms with Crippen LogP contribution in [0.3, 0.4) is 0 Å². The predicted molar refractivity (Wildman–Crippen MR) is 66.8 cm³/mol. The van der Waals surface area contributed by atoms with Crippen LogP contribution in [0.4, 0.5) is 0 Å². The van der Waals surface area contributed by atoms with Gasteiger partial charge in [-0.05, 0) is 23.7 Å². The van der Waals surface area contributed by atoms with E-state index in [9.17, 15) is 0 Å². The van der Waals surface area contributed by atoms with Crippen molar-refractivity contribution in [2.45, 2.75) is 0 Å². The van der Waals surface area contributed by atoms with Crippen molar-refractivity contribution in [2.24, 2.45) is 0 Å². The largest absolute Gasteiger partial charge is 0.261 e. The molecule has 2 heterocycles. The summed E-state index contributed by atoms with van der Waals surface area (Å²) < 4.78 is 0. The maximum Gasteiger partial charge on any atom is 0.224 e. The van der Waals surface area contributed by atoms with Crippen molar-refractivity contribution in [3.05, 3.63) is 41.3 Å². The standard InChI is InChI=1S/C12H6ClN5/c13-12-16-10(9-6-15-18-11(9)17-12)8-3-1-2-7(4-8)5-14/h1-4,6H,(H,15,16,17,18). The molecule has 0 atom stereocenters. The second-order valence-electron chi connectivity index (χ2n) is 3.67. The van der Waals surface area contributed by atoms with Crippen LogP contribution in [0.15, 0.2) is 30.5 Å². The monoisotopic (exact) mass is 255 g/mol. The molecule has 0 radical (unpaired) electrons. The number of halogens is 1. The third-order valence-corrected chi connectivity index (χ3v) is 2.72. The molecular formula is C12H6ClN5. The number of benzene rings is 1. The Morgan fingerprint density at radius 1 is 1.28 bits per heavy atom. The van der Waals surface area contributed by atoms with Gasteiger partial charge in [0.2, 0.25) is 5.28 Å². The summed E-state index contributed by atoms with van der Waals surface area (Å²) in [5.74, 6) is 0. The number of nitrogens with zero attached hydrogens (tertiary/aromatic N) is 4. The second kappa shape index (κ2) is 4.09. The summed E-state index contributed by atoms with van der Waals surface area (Å²) in [4.78, 5) is 8.24. The first kappa shape index (κ1) is 10.7. The summed E-state index contributed by atoms with van der Waals surface area (Å²) in [5, 5.41) is 16.5. The van der Waals surface area contributed by atoms with E-state index in [4.69, 9.17) is 16.9 Å². The van der Waals surface area contributed by atoms with E-state index in [1.807, 2.05) is 6.07 Å². The Bertz CT molecular complexity index is 771. The van der Waals surface area contributed by atoms with Crippen LogP contribution in [0, 0.1) is 11.3 Å². The fourth-order valence-corrected chi connectivity index (χ4v) is 1.93. The summed E-state index contributed by atoms with van der Waals surface area (Å²) >= 11 is 5.87. The zero-order chi connectivity index (χ0) is 12.5. The predicted octanol–water partition coefficient (Wildman–Crippen LogP) is 2.54. The van der Waals surface area contributed by atoms with Crippen LogP contribution in [-0.4, -0.2) is 20.2 Å².